The van der Waals surface area contributed by atoms with E-state index in [2.05, 4.69) is 0 Å². The first-order chi connectivity index (χ1) is 10.5. The van der Waals surface area contributed by atoms with Gasteiger partial charge < -0.3 is 4.18 Å². The highest BCUT2D eigenvalue weighted by Crippen LogP contribution is 2.25. The van der Waals surface area contributed by atoms with Gasteiger partial charge in [-0.1, -0.05) is 42.5 Å². The Morgan fingerprint density at radius 1 is 0.818 bits per heavy atom. The Morgan fingerprint density at radius 2 is 1.55 bits per heavy atom. The Hall–Kier alpha value is -2.33. The van der Waals surface area contributed by atoms with E-state index < -0.39 is 10.1 Å². The first-order valence-corrected chi connectivity index (χ1v) is 8.37. The average Bonchev–Trinajstić information content (AvgIpc) is 2.49. The largest absolute Gasteiger partial charge is 0.379 e. The maximum atomic E-state index is 12.5. The molecule has 4 heteroatoms. The molecule has 0 aliphatic rings. The molecule has 3 rings (SSSR count). The van der Waals surface area contributed by atoms with Crippen LogP contribution in [0.2, 0.25) is 0 Å². The Morgan fingerprint density at radius 3 is 2.32 bits per heavy atom. The van der Waals surface area contributed by atoms with Crippen LogP contribution >= 0.6 is 0 Å². The van der Waals surface area contributed by atoms with E-state index in [0.717, 1.165) is 16.3 Å². The molecule has 0 radical (unpaired) electrons. The van der Waals surface area contributed by atoms with E-state index in [0.29, 0.717) is 11.3 Å². The number of hydrogen-bond donors (Lipinski definition) is 0. The Labute approximate surface area is 130 Å². The smallest absolute Gasteiger partial charge is 0.339 e. The van der Waals surface area contributed by atoms with Gasteiger partial charge in [-0.3, -0.25) is 0 Å². The third kappa shape index (κ3) is 2.83. The second kappa shape index (κ2) is 5.46. The van der Waals surface area contributed by atoms with Crippen molar-refractivity contribution in [2.75, 3.05) is 0 Å². The summed E-state index contributed by atoms with van der Waals surface area (Å²) in [5, 5.41) is 1.98. The van der Waals surface area contributed by atoms with Gasteiger partial charge in [0, 0.05) is 0 Å². The molecule has 0 saturated heterocycles. The fourth-order valence-electron chi connectivity index (χ4n) is 2.37. The third-order valence-corrected chi connectivity index (χ3v) is 4.93. The summed E-state index contributed by atoms with van der Waals surface area (Å²) >= 11 is 0. The molecule has 112 valence electrons. The summed E-state index contributed by atoms with van der Waals surface area (Å²) in [5.41, 5.74) is 1.55. The van der Waals surface area contributed by atoms with Crippen molar-refractivity contribution in [1.82, 2.24) is 0 Å². The van der Waals surface area contributed by atoms with Crippen LogP contribution in [0.25, 0.3) is 10.8 Å². The molecule has 3 aromatic carbocycles. The summed E-state index contributed by atoms with van der Waals surface area (Å²) in [6.45, 7) is 3.62. The fourth-order valence-corrected chi connectivity index (χ4v) is 3.61. The minimum atomic E-state index is -3.84. The summed E-state index contributed by atoms with van der Waals surface area (Å²) in [4.78, 5) is 0.209. The van der Waals surface area contributed by atoms with Gasteiger partial charge in [0.05, 0.1) is 0 Å². The van der Waals surface area contributed by atoms with E-state index in [4.69, 9.17) is 4.18 Å². The minimum Gasteiger partial charge on any atom is -0.379 e. The molecule has 0 amide bonds. The highest BCUT2D eigenvalue weighted by Gasteiger charge is 2.19. The summed E-state index contributed by atoms with van der Waals surface area (Å²) in [5.74, 6) is 0.319. The van der Waals surface area contributed by atoms with Crippen LogP contribution in [0.1, 0.15) is 11.1 Å². The lowest BCUT2D eigenvalue weighted by Gasteiger charge is -2.10. The van der Waals surface area contributed by atoms with Crippen molar-refractivity contribution < 1.29 is 12.6 Å². The molecule has 0 bridgehead atoms. The Balaban J connectivity index is 2.01. The Bertz CT molecular complexity index is 943. The second-order valence-electron chi connectivity index (χ2n) is 5.32. The van der Waals surface area contributed by atoms with Crippen LogP contribution in [0.5, 0.6) is 5.75 Å². The summed E-state index contributed by atoms with van der Waals surface area (Å²) in [6.07, 6.45) is 0. The predicted octanol–water partition coefficient (Wildman–Crippen LogP) is 4.22. The molecule has 3 aromatic rings. The van der Waals surface area contributed by atoms with Crippen LogP contribution < -0.4 is 4.18 Å². The van der Waals surface area contributed by atoms with E-state index in [-0.39, 0.29) is 4.90 Å². The quantitative estimate of drug-likeness (QED) is 0.680. The molecule has 0 saturated carbocycles. The van der Waals surface area contributed by atoms with Gasteiger partial charge in [-0.2, -0.15) is 8.42 Å². The van der Waals surface area contributed by atoms with E-state index in [9.17, 15) is 8.42 Å². The van der Waals surface area contributed by atoms with E-state index >= 15 is 0 Å². The lowest BCUT2D eigenvalue weighted by atomic mass is 10.1. The maximum absolute atomic E-state index is 12.5. The van der Waals surface area contributed by atoms with Crippen molar-refractivity contribution in [1.29, 1.82) is 0 Å². The highest BCUT2D eigenvalue weighted by molar-refractivity contribution is 7.87. The minimum absolute atomic E-state index is 0.209. The number of hydrogen-bond acceptors (Lipinski definition) is 3. The number of aryl methyl sites for hydroxylation is 2. The van der Waals surface area contributed by atoms with Gasteiger partial charge in [-0.05, 0) is 53.9 Å². The van der Waals surface area contributed by atoms with Crippen LogP contribution in [0.4, 0.5) is 0 Å². The zero-order valence-electron chi connectivity index (χ0n) is 12.4. The van der Waals surface area contributed by atoms with Crippen LogP contribution in [0.15, 0.2) is 65.6 Å². The Kier molecular flexibility index (Phi) is 3.62. The second-order valence-corrected chi connectivity index (χ2v) is 6.83. The fraction of sp³-hybridized carbons (Fsp3) is 0.111. The first-order valence-electron chi connectivity index (χ1n) is 6.96. The van der Waals surface area contributed by atoms with E-state index in [1.165, 1.54) is 0 Å². The number of benzene rings is 3. The van der Waals surface area contributed by atoms with Gasteiger partial charge in [0.25, 0.3) is 0 Å². The van der Waals surface area contributed by atoms with Crippen LogP contribution in [-0.4, -0.2) is 8.42 Å². The maximum Gasteiger partial charge on any atom is 0.339 e. The van der Waals surface area contributed by atoms with Gasteiger partial charge in [0.15, 0.2) is 0 Å². The number of rotatable bonds is 3. The lowest BCUT2D eigenvalue weighted by Crippen LogP contribution is -2.11. The molecule has 0 unspecified atom stereocenters. The lowest BCUT2D eigenvalue weighted by molar-refractivity contribution is 0.486. The SMILES string of the molecule is Cc1ccc(C)c(S(=O)(=O)Oc2ccc3ccccc3c2)c1. The summed E-state index contributed by atoms with van der Waals surface area (Å²) in [7, 11) is -3.84. The molecule has 0 aromatic heterocycles. The van der Waals surface area contributed by atoms with Crippen molar-refractivity contribution >= 4 is 20.9 Å². The monoisotopic (exact) mass is 312 g/mol. The van der Waals surface area contributed by atoms with Gasteiger partial charge in [0.1, 0.15) is 10.6 Å². The predicted molar refractivity (Wildman–Crippen MR) is 87.7 cm³/mol. The molecule has 0 aliphatic heterocycles. The number of fused-ring (bicyclic) bond motifs is 1. The van der Waals surface area contributed by atoms with Crippen LogP contribution in [-0.2, 0) is 10.1 Å². The van der Waals surface area contributed by atoms with Crippen molar-refractivity contribution in [3.8, 4) is 5.75 Å². The van der Waals surface area contributed by atoms with Gasteiger partial charge in [-0.25, -0.2) is 0 Å². The summed E-state index contributed by atoms with van der Waals surface area (Å²) in [6, 6.07) is 18.3. The molecule has 22 heavy (non-hydrogen) atoms. The van der Waals surface area contributed by atoms with Crippen LogP contribution in [0, 0.1) is 13.8 Å². The normalized spacial score (nSPS) is 11.5. The first kappa shape index (κ1) is 14.6. The van der Waals surface area contributed by atoms with Gasteiger partial charge in [-0.15, -0.1) is 0 Å². The zero-order valence-corrected chi connectivity index (χ0v) is 13.2. The topological polar surface area (TPSA) is 43.4 Å². The standard InChI is InChI=1S/C18H16O3S/c1-13-7-8-14(2)18(11-13)22(19,20)21-17-10-9-15-5-3-4-6-16(15)12-17/h3-12H,1-2H3. The van der Waals surface area contributed by atoms with Crippen LogP contribution in [0.3, 0.4) is 0 Å². The molecule has 0 fully saturated rings. The molecule has 0 atom stereocenters. The van der Waals surface area contributed by atoms with E-state index in [1.54, 1.807) is 31.2 Å². The van der Waals surface area contributed by atoms with Gasteiger partial charge >= 0.3 is 10.1 Å². The average molecular weight is 312 g/mol. The molecule has 0 spiro atoms. The molecule has 3 nitrogen and oxygen atoms in total. The van der Waals surface area contributed by atoms with Gasteiger partial charge in [0.2, 0.25) is 0 Å². The molecule has 0 heterocycles. The molecular formula is C18H16O3S. The van der Waals surface area contributed by atoms with Crippen molar-refractivity contribution in [3.05, 3.63) is 71.8 Å². The highest BCUT2D eigenvalue weighted by atomic mass is 32.2. The molecule has 0 N–H and O–H groups in total. The van der Waals surface area contributed by atoms with Crippen molar-refractivity contribution in [2.24, 2.45) is 0 Å². The molecule has 0 aliphatic carbocycles. The third-order valence-electron chi connectivity index (χ3n) is 3.54. The zero-order chi connectivity index (χ0) is 15.7. The van der Waals surface area contributed by atoms with Crippen molar-refractivity contribution in [3.63, 3.8) is 0 Å². The summed E-state index contributed by atoms with van der Waals surface area (Å²) < 4.78 is 30.3. The van der Waals surface area contributed by atoms with E-state index in [1.807, 2.05) is 43.3 Å². The van der Waals surface area contributed by atoms with Crippen molar-refractivity contribution in [2.45, 2.75) is 18.7 Å². The molecular weight excluding hydrogens is 296 g/mol.